The molecular weight excluding hydrogens is 284 g/mol. The Labute approximate surface area is 128 Å². The van der Waals surface area contributed by atoms with E-state index in [-0.39, 0.29) is 11.3 Å². The predicted octanol–water partition coefficient (Wildman–Crippen LogP) is 3.31. The Bertz CT molecular complexity index is 770. The van der Waals surface area contributed by atoms with Gasteiger partial charge in [0.05, 0.1) is 6.61 Å². The maximum absolute atomic E-state index is 11.7. The van der Waals surface area contributed by atoms with E-state index in [1.54, 1.807) is 25.1 Å². The van der Waals surface area contributed by atoms with Crippen molar-refractivity contribution < 1.29 is 18.7 Å². The first-order valence-corrected chi connectivity index (χ1v) is 6.95. The van der Waals surface area contributed by atoms with E-state index in [1.807, 2.05) is 13.8 Å². The third-order valence-electron chi connectivity index (χ3n) is 2.81. The van der Waals surface area contributed by atoms with Crippen molar-refractivity contribution in [2.24, 2.45) is 5.92 Å². The van der Waals surface area contributed by atoms with E-state index in [4.69, 9.17) is 13.9 Å². The summed E-state index contributed by atoms with van der Waals surface area (Å²) in [6, 6.07) is 6.07. The minimum absolute atomic E-state index is 0.273. The van der Waals surface area contributed by atoms with Gasteiger partial charge in [0.2, 0.25) is 0 Å². The Morgan fingerprint density at radius 1 is 1.27 bits per heavy atom. The monoisotopic (exact) mass is 302 g/mol. The van der Waals surface area contributed by atoms with Crippen LogP contribution in [0.15, 0.2) is 45.6 Å². The minimum Gasteiger partial charge on any atom is -0.489 e. The van der Waals surface area contributed by atoms with Crippen molar-refractivity contribution in [1.29, 1.82) is 0 Å². The van der Waals surface area contributed by atoms with Gasteiger partial charge in [-0.3, -0.25) is 0 Å². The van der Waals surface area contributed by atoms with Gasteiger partial charge in [0.1, 0.15) is 5.58 Å². The number of ether oxygens (including phenoxy) is 2. The van der Waals surface area contributed by atoms with Crippen LogP contribution in [0.25, 0.3) is 11.0 Å². The van der Waals surface area contributed by atoms with Gasteiger partial charge < -0.3 is 13.9 Å². The van der Waals surface area contributed by atoms with Crippen molar-refractivity contribution in [3.8, 4) is 11.5 Å². The van der Waals surface area contributed by atoms with Crippen LogP contribution in [0.5, 0.6) is 11.5 Å². The maximum atomic E-state index is 11.7. The number of fused-ring (bicyclic) bond motifs is 1. The van der Waals surface area contributed by atoms with Crippen molar-refractivity contribution in [3.63, 3.8) is 0 Å². The fourth-order valence-electron chi connectivity index (χ4n) is 1.71. The van der Waals surface area contributed by atoms with E-state index in [0.29, 0.717) is 29.2 Å². The van der Waals surface area contributed by atoms with Crippen molar-refractivity contribution in [1.82, 2.24) is 0 Å². The molecule has 0 N–H and O–H groups in total. The number of carbonyl (C=O) groups is 1. The Morgan fingerprint density at radius 2 is 2.00 bits per heavy atom. The number of carbonyl (C=O) groups excluding carboxylic acids is 1. The van der Waals surface area contributed by atoms with Crippen LogP contribution in [0.3, 0.4) is 0 Å². The van der Waals surface area contributed by atoms with Crippen molar-refractivity contribution in [2.75, 3.05) is 6.61 Å². The van der Waals surface area contributed by atoms with Crippen LogP contribution in [0, 0.1) is 5.92 Å². The van der Waals surface area contributed by atoms with Crippen LogP contribution in [0.2, 0.25) is 0 Å². The highest BCUT2D eigenvalue weighted by atomic mass is 16.6. The molecule has 2 aromatic rings. The summed E-state index contributed by atoms with van der Waals surface area (Å²) in [5, 5.41) is 0.640. The minimum atomic E-state index is -0.536. The lowest BCUT2D eigenvalue weighted by Crippen LogP contribution is -2.11. The first-order chi connectivity index (χ1) is 10.4. The van der Waals surface area contributed by atoms with E-state index in [9.17, 15) is 9.59 Å². The molecule has 0 atom stereocenters. The van der Waals surface area contributed by atoms with Crippen LogP contribution in [-0.2, 0) is 4.79 Å². The molecule has 0 aliphatic rings. The highest BCUT2D eigenvalue weighted by molar-refractivity contribution is 5.90. The molecule has 0 unspecified atom stereocenters. The second-order valence-electron chi connectivity index (χ2n) is 5.47. The molecule has 5 heteroatoms. The maximum Gasteiger partial charge on any atom is 0.338 e. The first-order valence-electron chi connectivity index (χ1n) is 6.95. The van der Waals surface area contributed by atoms with E-state index in [0.717, 1.165) is 0 Å². The summed E-state index contributed by atoms with van der Waals surface area (Å²) in [6.07, 6.45) is 0. The molecule has 0 fully saturated rings. The van der Waals surface area contributed by atoms with Gasteiger partial charge in [-0.2, -0.15) is 0 Å². The molecule has 0 aliphatic carbocycles. The molecule has 0 aliphatic heterocycles. The molecule has 0 radical (unpaired) electrons. The standard InChI is InChI=1S/C17H18O5/c1-10(2)9-20-14-8-13-12(5-6-16(18)21-13)7-15(14)22-17(19)11(3)4/h5-8,10H,3,9H2,1-2,4H3. The average Bonchev–Trinajstić information content (AvgIpc) is 2.44. The average molecular weight is 302 g/mol. The zero-order chi connectivity index (χ0) is 16.3. The SMILES string of the molecule is C=C(C)C(=O)Oc1cc2ccc(=O)oc2cc1OCC(C)C. The van der Waals surface area contributed by atoms with Crippen LogP contribution in [0.4, 0.5) is 0 Å². The highest BCUT2D eigenvalue weighted by Crippen LogP contribution is 2.33. The lowest BCUT2D eigenvalue weighted by molar-refractivity contribution is -0.130. The molecule has 0 amide bonds. The smallest absolute Gasteiger partial charge is 0.338 e. The number of rotatable bonds is 5. The summed E-state index contributed by atoms with van der Waals surface area (Å²) in [5.41, 5.74) is 0.213. The lowest BCUT2D eigenvalue weighted by atomic mass is 10.2. The van der Waals surface area contributed by atoms with Gasteiger partial charge in [-0.15, -0.1) is 0 Å². The first kappa shape index (κ1) is 15.8. The van der Waals surface area contributed by atoms with Gasteiger partial charge in [0.25, 0.3) is 0 Å². The quantitative estimate of drug-likeness (QED) is 0.367. The molecule has 1 aromatic carbocycles. The predicted molar refractivity (Wildman–Crippen MR) is 83.3 cm³/mol. The molecule has 0 saturated carbocycles. The Balaban J connectivity index is 2.47. The Morgan fingerprint density at radius 3 is 2.64 bits per heavy atom. The fourth-order valence-corrected chi connectivity index (χ4v) is 1.71. The number of hydrogen-bond acceptors (Lipinski definition) is 5. The van der Waals surface area contributed by atoms with Gasteiger partial charge in [0, 0.05) is 23.1 Å². The van der Waals surface area contributed by atoms with Gasteiger partial charge in [-0.05, 0) is 25.0 Å². The molecule has 116 valence electrons. The van der Waals surface area contributed by atoms with Gasteiger partial charge in [-0.1, -0.05) is 20.4 Å². The summed E-state index contributed by atoms with van der Waals surface area (Å²) in [6.45, 7) is 9.57. The molecular formula is C17H18O5. The molecule has 1 aromatic heterocycles. The zero-order valence-corrected chi connectivity index (χ0v) is 12.8. The van der Waals surface area contributed by atoms with Crippen LogP contribution in [0.1, 0.15) is 20.8 Å². The summed E-state index contributed by atoms with van der Waals surface area (Å²) < 4.78 is 16.1. The lowest BCUT2D eigenvalue weighted by Gasteiger charge is -2.14. The number of benzene rings is 1. The third kappa shape index (κ3) is 3.75. The summed E-state index contributed by atoms with van der Waals surface area (Å²) in [4.78, 5) is 23.1. The van der Waals surface area contributed by atoms with Gasteiger partial charge >= 0.3 is 11.6 Å². The topological polar surface area (TPSA) is 65.7 Å². The number of hydrogen-bond donors (Lipinski definition) is 0. The Hall–Kier alpha value is -2.56. The summed E-state index contributed by atoms with van der Waals surface area (Å²) in [5.74, 6) is 0.384. The second kappa shape index (κ2) is 6.47. The molecule has 2 rings (SSSR count). The zero-order valence-electron chi connectivity index (χ0n) is 12.8. The van der Waals surface area contributed by atoms with Crippen LogP contribution < -0.4 is 15.1 Å². The van der Waals surface area contributed by atoms with Crippen LogP contribution >= 0.6 is 0 Å². The van der Waals surface area contributed by atoms with E-state index in [2.05, 4.69) is 6.58 Å². The highest BCUT2D eigenvalue weighted by Gasteiger charge is 2.14. The normalized spacial score (nSPS) is 10.7. The van der Waals surface area contributed by atoms with E-state index < -0.39 is 11.6 Å². The van der Waals surface area contributed by atoms with Crippen molar-refractivity contribution in [2.45, 2.75) is 20.8 Å². The van der Waals surface area contributed by atoms with E-state index >= 15 is 0 Å². The summed E-state index contributed by atoms with van der Waals surface area (Å²) in [7, 11) is 0. The largest absolute Gasteiger partial charge is 0.489 e. The summed E-state index contributed by atoms with van der Waals surface area (Å²) >= 11 is 0. The van der Waals surface area contributed by atoms with Gasteiger partial charge in [0.15, 0.2) is 11.5 Å². The van der Waals surface area contributed by atoms with Crippen molar-refractivity contribution in [3.05, 3.63) is 46.8 Å². The van der Waals surface area contributed by atoms with Crippen molar-refractivity contribution >= 4 is 16.9 Å². The van der Waals surface area contributed by atoms with Gasteiger partial charge in [-0.25, -0.2) is 9.59 Å². The molecule has 1 heterocycles. The number of esters is 1. The van der Waals surface area contributed by atoms with E-state index in [1.165, 1.54) is 6.07 Å². The van der Waals surface area contributed by atoms with Crippen LogP contribution in [-0.4, -0.2) is 12.6 Å². The molecule has 0 bridgehead atoms. The molecule has 0 saturated heterocycles. The molecule has 0 spiro atoms. The molecule has 5 nitrogen and oxygen atoms in total. The Kier molecular flexibility index (Phi) is 4.65. The second-order valence-corrected chi connectivity index (χ2v) is 5.47. The fraction of sp³-hybridized carbons (Fsp3) is 0.294. The molecule has 22 heavy (non-hydrogen) atoms. The third-order valence-corrected chi connectivity index (χ3v) is 2.81.